The molecule has 1 aromatic rings. The van der Waals surface area contributed by atoms with E-state index in [-0.39, 0.29) is 17.7 Å². The SMILES string of the molecule is O=C(Nc1cc(Cl)ccc1N1CCOCC1)C1CC(=O)N(C2CCCC2)C1. The van der Waals surface area contributed by atoms with E-state index in [2.05, 4.69) is 10.2 Å². The molecule has 0 aromatic heterocycles. The van der Waals surface area contributed by atoms with Crippen molar-refractivity contribution in [3.8, 4) is 0 Å². The van der Waals surface area contributed by atoms with Gasteiger partial charge in [0.2, 0.25) is 11.8 Å². The third-order valence-electron chi connectivity index (χ3n) is 5.86. The molecule has 2 heterocycles. The first-order valence-corrected chi connectivity index (χ1v) is 10.2. The molecule has 0 spiro atoms. The lowest BCUT2D eigenvalue weighted by Gasteiger charge is -2.31. The molecule has 27 heavy (non-hydrogen) atoms. The van der Waals surface area contributed by atoms with E-state index in [1.165, 1.54) is 12.8 Å². The standard InChI is InChI=1S/C20H26ClN3O3/c21-15-5-6-18(23-7-9-27-10-8-23)17(12-15)22-20(26)14-11-19(25)24(13-14)16-3-1-2-4-16/h5-6,12,14,16H,1-4,7-11,13H2,(H,22,26). The Morgan fingerprint density at radius 3 is 2.67 bits per heavy atom. The highest BCUT2D eigenvalue weighted by molar-refractivity contribution is 6.31. The van der Waals surface area contributed by atoms with Crippen LogP contribution >= 0.6 is 11.6 Å². The minimum absolute atomic E-state index is 0.0966. The van der Waals surface area contributed by atoms with Gasteiger partial charge in [-0.25, -0.2) is 0 Å². The van der Waals surface area contributed by atoms with E-state index < -0.39 is 0 Å². The second kappa shape index (κ2) is 8.07. The number of halogens is 1. The number of anilines is 2. The molecule has 146 valence electrons. The summed E-state index contributed by atoms with van der Waals surface area (Å²) in [7, 11) is 0. The van der Waals surface area contributed by atoms with E-state index >= 15 is 0 Å². The van der Waals surface area contributed by atoms with Gasteiger partial charge in [0.1, 0.15) is 0 Å². The summed E-state index contributed by atoms with van der Waals surface area (Å²) in [5.41, 5.74) is 1.66. The number of ether oxygens (including phenoxy) is 1. The molecule has 1 aliphatic carbocycles. The first-order valence-electron chi connectivity index (χ1n) is 9.84. The average Bonchev–Trinajstić information content (AvgIpc) is 3.32. The summed E-state index contributed by atoms with van der Waals surface area (Å²) in [4.78, 5) is 29.4. The van der Waals surface area contributed by atoms with Crippen molar-refractivity contribution < 1.29 is 14.3 Å². The summed E-state index contributed by atoms with van der Waals surface area (Å²) in [6.45, 7) is 3.43. The van der Waals surface area contributed by atoms with Crippen LogP contribution < -0.4 is 10.2 Å². The Labute approximate surface area is 164 Å². The smallest absolute Gasteiger partial charge is 0.229 e. The van der Waals surface area contributed by atoms with Crippen LogP contribution in [0.15, 0.2) is 18.2 Å². The number of nitrogens with zero attached hydrogens (tertiary/aromatic N) is 2. The lowest BCUT2D eigenvalue weighted by Crippen LogP contribution is -2.37. The van der Waals surface area contributed by atoms with Gasteiger partial charge < -0.3 is 19.9 Å². The van der Waals surface area contributed by atoms with Gasteiger partial charge in [0, 0.05) is 37.1 Å². The molecule has 0 radical (unpaired) electrons. The maximum Gasteiger partial charge on any atom is 0.229 e. The van der Waals surface area contributed by atoms with Crippen LogP contribution in [-0.2, 0) is 14.3 Å². The number of rotatable bonds is 4. The molecule has 2 saturated heterocycles. The molecule has 1 saturated carbocycles. The second-order valence-electron chi connectivity index (χ2n) is 7.64. The summed E-state index contributed by atoms with van der Waals surface area (Å²) < 4.78 is 5.42. The number of hydrogen-bond acceptors (Lipinski definition) is 4. The number of hydrogen-bond donors (Lipinski definition) is 1. The Morgan fingerprint density at radius 2 is 1.93 bits per heavy atom. The number of nitrogens with one attached hydrogen (secondary N) is 1. The summed E-state index contributed by atoms with van der Waals surface area (Å²) in [6.07, 6.45) is 4.79. The van der Waals surface area contributed by atoms with Gasteiger partial charge in [-0.1, -0.05) is 24.4 Å². The molecule has 3 fully saturated rings. The lowest BCUT2D eigenvalue weighted by molar-refractivity contribution is -0.129. The zero-order valence-electron chi connectivity index (χ0n) is 15.5. The van der Waals surface area contributed by atoms with Gasteiger partial charge in [-0.15, -0.1) is 0 Å². The Balaban J connectivity index is 1.46. The third kappa shape index (κ3) is 4.06. The lowest BCUT2D eigenvalue weighted by atomic mass is 10.1. The van der Waals surface area contributed by atoms with Crippen LogP contribution in [0.3, 0.4) is 0 Å². The van der Waals surface area contributed by atoms with Crippen molar-refractivity contribution in [1.82, 2.24) is 4.90 Å². The van der Waals surface area contributed by atoms with Crippen molar-refractivity contribution in [2.24, 2.45) is 5.92 Å². The molecule has 0 bridgehead atoms. The maximum atomic E-state index is 12.9. The number of carbonyl (C=O) groups excluding carboxylic acids is 2. The van der Waals surface area contributed by atoms with Gasteiger partial charge >= 0.3 is 0 Å². The fraction of sp³-hybridized carbons (Fsp3) is 0.600. The molecule has 1 aromatic carbocycles. The quantitative estimate of drug-likeness (QED) is 0.857. The molecular formula is C20H26ClN3O3. The Hall–Kier alpha value is -1.79. The molecule has 1 N–H and O–H groups in total. The van der Waals surface area contributed by atoms with Gasteiger partial charge in [-0.2, -0.15) is 0 Å². The number of morpholine rings is 1. The van der Waals surface area contributed by atoms with Crippen LogP contribution in [0.25, 0.3) is 0 Å². The summed E-state index contributed by atoms with van der Waals surface area (Å²) in [5, 5.41) is 3.62. The van der Waals surface area contributed by atoms with Crippen molar-refractivity contribution >= 4 is 34.8 Å². The van der Waals surface area contributed by atoms with Gasteiger partial charge in [0.05, 0.1) is 30.5 Å². The fourth-order valence-electron chi connectivity index (χ4n) is 4.40. The van der Waals surface area contributed by atoms with Crippen LogP contribution in [0.4, 0.5) is 11.4 Å². The highest BCUT2D eigenvalue weighted by Gasteiger charge is 2.38. The van der Waals surface area contributed by atoms with Crippen molar-refractivity contribution in [2.45, 2.75) is 38.1 Å². The summed E-state index contributed by atoms with van der Waals surface area (Å²) >= 11 is 6.17. The van der Waals surface area contributed by atoms with Crippen LogP contribution in [0.2, 0.25) is 5.02 Å². The van der Waals surface area contributed by atoms with E-state index in [1.807, 2.05) is 17.0 Å². The van der Waals surface area contributed by atoms with E-state index in [0.717, 1.165) is 31.6 Å². The zero-order chi connectivity index (χ0) is 18.8. The molecular weight excluding hydrogens is 366 g/mol. The predicted octanol–water partition coefficient (Wildman–Crippen LogP) is 2.91. The molecule has 3 aliphatic rings. The number of carbonyl (C=O) groups is 2. The Morgan fingerprint density at radius 1 is 1.19 bits per heavy atom. The molecule has 1 atom stereocenters. The first kappa shape index (κ1) is 18.6. The monoisotopic (exact) mass is 391 g/mol. The van der Waals surface area contributed by atoms with Crippen molar-refractivity contribution in [3.63, 3.8) is 0 Å². The Kier molecular flexibility index (Phi) is 5.55. The van der Waals surface area contributed by atoms with E-state index in [0.29, 0.717) is 42.9 Å². The zero-order valence-corrected chi connectivity index (χ0v) is 16.2. The maximum absolute atomic E-state index is 12.9. The number of amides is 2. The second-order valence-corrected chi connectivity index (χ2v) is 8.07. The number of likely N-dealkylation sites (tertiary alicyclic amines) is 1. The minimum atomic E-state index is -0.297. The van der Waals surface area contributed by atoms with Gasteiger partial charge in [-0.3, -0.25) is 9.59 Å². The summed E-state index contributed by atoms with van der Waals surface area (Å²) in [5.74, 6) is -0.281. The average molecular weight is 392 g/mol. The minimum Gasteiger partial charge on any atom is -0.378 e. The topological polar surface area (TPSA) is 61.9 Å². The fourth-order valence-corrected chi connectivity index (χ4v) is 4.57. The van der Waals surface area contributed by atoms with Crippen LogP contribution in [0, 0.1) is 5.92 Å². The van der Waals surface area contributed by atoms with Crippen molar-refractivity contribution in [2.75, 3.05) is 43.1 Å². The molecule has 7 heteroatoms. The first-order chi connectivity index (χ1) is 13.1. The Bertz CT molecular complexity index is 714. The molecule has 1 unspecified atom stereocenters. The van der Waals surface area contributed by atoms with Crippen LogP contribution in [0.5, 0.6) is 0 Å². The number of benzene rings is 1. The third-order valence-corrected chi connectivity index (χ3v) is 6.10. The summed E-state index contributed by atoms with van der Waals surface area (Å²) in [6, 6.07) is 5.89. The van der Waals surface area contributed by atoms with E-state index in [1.54, 1.807) is 6.07 Å². The van der Waals surface area contributed by atoms with Crippen LogP contribution in [-0.4, -0.2) is 55.6 Å². The van der Waals surface area contributed by atoms with Crippen molar-refractivity contribution in [3.05, 3.63) is 23.2 Å². The van der Waals surface area contributed by atoms with E-state index in [4.69, 9.17) is 16.3 Å². The van der Waals surface area contributed by atoms with Gasteiger partial charge in [0.25, 0.3) is 0 Å². The van der Waals surface area contributed by atoms with Gasteiger partial charge in [-0.05, 0) is 31.0 Å². The highest BCUT2D eigenvalue weighted by atomic mass is 35.5. The molecule has 4 rings (SSSR count). The molecule has 2 aliphatic heterocycles. The van der Waals surface area contributed by atoms with E-state index in [9.17, 15) is 9.59 Å². The van der Waals surface area contributed by atoms with Gasteiger partial charge in [0.15, 0.2) is 0 Å². The molecule has 6 nitrogen and oxygen atoms in total. The largest absolute Gasteiger partial charge is 0.378 e. The normalized spacial score (nSPS) is 23.9. The molecule has 2 amide bonds. The highest BCUT2D eigenvalue weighted by Crippen LogP contribution is 2.33. The predicted molar refractivity (Wildman–Crippen MR) is 105 cm³/mol. The van der Waals surface area contributed by atoms with Crippen molar-refractivity contribution in [1.29, 1.82) is 0 Å². The van der Waals surface area contributed by atoms with Crippen LogP contribution in [0.1, 0.15) is 32.1 Å².